The second-order valence-electron chi connectivity index (χ2n) is 10.2. The summed E-state index contributed by atoms with van der Waals surface area (Å²) in [5, 5.41) is 15.8. The minimum Gasteiger partial charge on any atom is -0.458 e. The van der Waals surface area contributed by atoms with Crippen LogP contribution in [0.2, 0.25) is 0 Å². The summed E-state index contributed by atoms with van der Waals surface area (Å²) in [7, 11) is 0. The van der Waals surface area contributed by atoms with Crippen LogP contribution in [0.4, 0.5) is 4.39 Å². The Morgan fingerprint density at radius 1 is 1.25 bits per heavy atom. The lowest BCUT2D eigenvalue weighted by molar-refractivity contribution is -0.172. The van der Waals surface area contributed by atoms with Crippen molar-refractivity contribution in [3.05, 3.63) is 61.7 Å². The molecule has 2 aromatic heterocycles. The van der Waals surface area contributed by atoms with E-state index in [4.69, 9.17) is 9.72 Å². The molecule has 0 unspecified atom stereocenters. The molecule has 2 N–H and O–H groups in total. The number of aliphatic hydroxyl groups is 1. The highest BCUT2D eigenvalue weighted by atomic mass is 19.1. The van der Waals surface area contributed by atoms with E-state index >= 15 is 0 Å². The van der Waals surface area contributed by atoms with Crippen LogP contribution in [0.15, 0.2) is 16.9 Å². The highest BCUT2D eigenvalue weighted by Crippen LogP contribution is 2.45. The minimum absolute atomic E-state index is 0.0743. The van der Waals surface area contributed by atoms with E-state index in [-0.39, 0.29) is 36.0 Å². The van der Waals surface area contributed by atoms with Crippen LogP contribution in [0, 0.1) is 12.7 Å². The van der Waals surface area contributed by atoms with E-state index in [1.54, 1.807) is 17.6 Å². The third kappa shape index (κ3) is 3.07. The van der Waals surface area contributed by atoms with Crippen LogP contribution in [-0.4, -0.2) is 27.2 Å². The molecule has 0 radical (unpaired) electrons. The van der Waals surface area contributed by atoms with Gasteiger partial charge in [-0.1, -0.05) is 20.3 Å². The number of ether oxygens (including phenoxy) is 1. The molecule has 8 heteroatoms. The second-order valence-corrected chi connectivity index (χ2v) is 10.2. The van der Waals surface area contributed by atoms with Crippen LogP contribution in [0.1, 0.15) is 79.0 Å². The predicted molar refractivity (Wildman–Crippen MR) is 133 cm³/mol. The quantitative estimate of drug-likeness (QED) is 0.325. The first kappa shape index (κ1) is 23.3. The molecule has 0 spiro atoms. The maximum atomic E-state index is 14.9. The monoisotopic (exact) mass is 491 g/mol. The Kier molecular flexibility index (Phi) is 5.32. The summed E-state index contributed by atoms with van der Waals surface area (Å²) >= 11 is 0. The Labute approximate surface area is 208 Å². The van der Waals surface area contributed by atoms with Crippen molar-refractivity contribution < 1.29 is 19.0 Å². The summed E-state index contributed by atoms with van der Waals surface area (Å²) in [5.74, 6) is -1.03. The van der Waals surface area contributed by atoms with Crippen molar-refractivity contribution in [3.63, 3.8) is 0 Å². The van der Waals surface area contributed by atoms with Crippen LogP contribution >= 0.6 is 0 Å². The number of carbonyl (C=O) groups excluding carboxylic acids is 1. The molecule has 1 aromatic carbocycles. The maximum absolute atomic E-state index is 14.9. The van der Waals surface area contributed by atoms with Gasteiger partial charge < -0.3 is 19.7 Å². The highest BCUT2D eigenvalue weighted by Gasteiger charge is 2.45. The number of nitrogens with one attached hydrogen (secondary N) is 1. The molecule has 7 nitrogen and oxygen atoms in total. The van der Waals surface area contributed by atoms with Gasteiger partial charge in [0, 0.05) is 28.6 Å². The van der Waals surface area contributed by atoms with Crippen LogP contribution in [0.25, 0.3) is 22.3 Å². The molecule has 6 rings (SSSR count). The van der Waals surface area contributed by atoms with E-state index in [1.165, 1.54) is 6.07 Å². The number of fused-ring (bicyclic) bond motifs is 5. The van der Waals surface area contributed by atoms with Gasteiger partial charge in [0.05, 0.1) is 29.0 Å². The molecular weight excluding hydrogens is 461 g/mol. The van der Waals surface area contributed by atoms with Gasteiger partial charge in [-0.05, 0) is 61.9 Å². The molecule has 0 saturated heterocycles. The average molecular weight is 492 g/mol. The van der Waals surface area contributed by atoms with Crippen molar-refractivity contribution in [1.29, 1.82) is 0 Å². The van der Waals surface area contributed by atoms with E-state index in [0.29, 0.717) is 34.6 Å². The van der Waals surface area contributed by atoms with Gasteiger partial charge >= 0.3 is 5.97 Å². The number of benzene rings is 1. The van der Waals surface area contributed by atoms with Gasteiger partial charge in [0.1, 0.15) is 12.4 Å². The van der Waals surface area contributed by atoms with E-state index in [9.17, 15) is 19.1 Å². The summed E-state index contributed by atoms with van der Waals surface area (Å²) in [6, 6.07) is 3.28. The van der Waals surface area contributed by atoms with Gasteiger partial charge in [-0.25, -0.2) is 14.2 Å². The normalized spacial score (nSPS) is 21.8. The molecule has 2 aliphatic heterocycles. The third-order valence-electron chi connectivity index (χ3n) is 8.30. The fraction of sp³-hybridized carbons (Fsp3) is 0.464. The third-order valence-corrected chi connectivity index (χ3v) is 8.30. The van der Waals surface area contributed by atoms with Crippen molar-refractivity contribution in [1.82, 2.24) is 14.9 Å². The number of rotatable bonds is 5. The van der Waals surface area contributed by atoms with Crippen molar-refractivity contribution >= 4 is 16.9 Å². The Bertz CT molecular complexity index is 1510. The largest absolute Gasteiger partial charge is 0.458 e. The first-order chi connectivity index (χ1) is 17.3. The number of esters is 1. The Morgan fingerprint density at radius 3 is 2.81 bits per heavy atom. The lowest BCUT2D eigenvalue weighted by Crippen LogP contribution is -2.44. The number of hydrogen-bond donors (Lipinski definition) is 2. The first-order valence-corrected chi connectivity index (χ1v) is 12.8. The van der Waals surface area contributed by atoms with Gasteiger partial charge in [-0.3, -0.25) is 4.79 Å². The molecule has 3 aliphatic rings. The number of hydrogen-bond acceptors (Lipinski definition) is 6. The fourth-order valence-corrected chi connectivity index (χ4v) is 6.21. The van der Waals surface area contributed by atoms with Crippen LogP contribution in [0.5, 0.6) is 0 Å². The van der Waals surface area contributed by atoms with E-state index in [1.807, 2.05) is 6.92 Å². The standard InChI is InChI=1S/C28H30FN3O4/c1-4-6-9-30-20-8-7-15-14(3)19(29)11-21-23(15)24(20)16-12-32-22(25(16)31-21)10-18-17(26(32)33)13-36-27(34)28(18,35)5-2/h10-11,20,30,35H,4-9,12-13H2,1-3H3/t20-,28-/m0/s1. The van der Waals surface area contributed by atoms with Gasteiger partial charge in [-0.15, -0.1) is 0 Å². The fourth-order valence-electron chi connectivity index (χ4n) is 6.21. The molecule has 36 heavy (non-hydrogen) atoms. The Morgan fingerprint density at radius 2 is 2.06 bits per heavy atom. The van der Waals surface area contributed by atoms with Crippen LogP contribution in [0.3, 0.4) is 0 Å². The van der Waals surface area contributed by atoms with Gasteiger partial charge in [0.15, 0.2) is 5.60 Å². The molecule has 4 heterocycles. The minimum atomic E-state index is -1.88. The second kappa shape index (κ2) is 8.21. The summed E-state index contributed by atoms with van der Waals surface area (Å²) in [6.07, 6.45) is 3.83. The maximum Gasteiger partial charge on any atom is 0.343 e. The van der Waals surface area contributed by atoms with Gasteiger partial charge in [0.2, 0.25) is 0 Å². The molecule has 0 amide bonds. The number of carbonyl (C=O) groups is 1. The zero-order valence-corrected chi connectivity index (χ0v) is 20.8. The van der Waals surface area contributed by atoms with Crippen molar-refractivity contribution in [2.24, 2.45) is 0 Å². The van der Waals surface area contributed by atoms with E-state index in [2.05, 4.69) is 12.2 Å². The smallest absolute Gasteiger partial charge is 0.343 e. The van der Waals surface area contributed by atoms with Gasteiger partial charge in [0.25, 0.3) is 5.56 Å². The number of aromatic nitrogens is 2. The zero-order chi connectivity index (χ0) is 25.4. The molecule has 2 atom stereocenters. The molecule has 3 aromatic rings. The number of pyridine rings is 2. The number of unbranched alkanes of at least 4 members (excludes halogenated alkanes) is 1. The molecule has 188 valence electrons. The van der Waals surface area contributed by atoms with Crippen molar-refractivity contribution in [3.8, 4) is 11.4 Å². The summed E-state index contributed by atoms with van der Waals surface area (Å²) in [6.45, 7) is 6.72. The lowest BCUT2D eigenvalue weighted by atomic mass is 9.81. The highest BCUT2D eigenvalue weighted by molar-refractivity contribution is 5.93. The summed E-state index contributed by atoms with van der Waals surface area (Å²) in [4.78, 5) is 31.0. The SMILES string of the molecule is CCCCN[C@H]1CCc2c(C)c(F)cc3nc4c(c1c23)Cn1c-4cc2c(c1=O)COC(=O)[C@]2(O)CC. The Balaban J connectivity index is 1.63. The number of nitrogens with zero attached hydrogens (tertiary/aromatic N) is 2. The summed E-state index contributed by atoms with van der Waals surface area (Å²) < 4.78 is 21.8. The zero-order valence-electron chi connectivity index (χ0n) is 20.8. The van der Waals surface area contributed by atoms with E-state index in [0.717, 1.165) is 54.3 Å². The van der Waals surface area contributed by atoms with Gasteiger partial charge in [-0.2, -0.15) is 0 Å². The molecular formula is C28H30FN3O4. The van der Waals surface area contributed by atoms with Crippen LogP contribution in [-0.2, 0) is 34.7 Å². The van der Waals surface area contributed by atoms with Crippen molar-refractivity contribution in [2.45, 2.75) is 77.7 Å². The number of cyclic esters (lactones) is 1. The molecule has 0 saturated carbocycles. The molecule has 0 bridgehead atoms. The average Bonchev–Trinajstić information content (AvgIpc) is 3.24. The Hall–Kier alpha value is -3.10. The number of halogens is 1. The predicted octanol–water partition coefficient (Wildman–Crippen LogP) is 3.90. The lowest BCUT2D eigenvalue weighted by Gasteiger charge is -2.31. The number of aryl methyl sites for hydroxylation is 1. The first-order valence-electron chi connectivity index (χ1n) is 12.8. The van der Waals surface area contributed by atoms with Crippen LogP contribution < -0.4 is 10.9 Å². The molecule has 1 aliphatic carbocycles. The van der Waals surface area contributed by atoms with Crippen molar-refractivity contribution in [2.75, 3.05) is 6.54 Å². The molecule has 0 fully saturated rings. The summed E-state index contributed by atoms with van der Waals surface area (Å²) in [5.41, 5.74) is 3.86. The van der Waals surface area contributed by atoms with E-state index < -0.39 is 11.6 Å². The topological polar surface area (TPSA) is 93.5 Å².